The minimum Gasteiger partial charge on any atom is -0.472 e. The fourth-order valence-electron chi connectivity index (χ4n) is 2.31. The molecule has 0 unspecified atom stereocenters. The number of piperazine rings is 1. The van der Waals surface area contributed by atoms with Crippen molar-refractivity contribution in [2.75, 3.05) is 31.1 Å². The summed E-state index contributed by atoms with van der Waals surface area (Å²) in [5, 5.41) is 3.33. The predicted octanol–water partition coefficient (Wildman–Crippen LogP) is 2.80. The Bertz CT molecular complexity index is 583. The molecular weight excluding hydrogens is 288 g/mol. The van der Waals surface area contributed by atoms with Gasteiger partial charge in [0, 0.05) is 37.9 Å². The molecule has 0 aliphatic carbocycles. The molecule has 1 N–H and O–H groups in total. The van der Waals surface area contributed by atoms with E-state index in [9.17, 15) is 0 Å². The monoisotopic (exact) mass is 314 g/mol. The molecule has 0 spiro atoms. The first-order valence-corrected chi connectivity index (χ1v) is 8.29. The smallest absolute Gasteiger partial charge is 0.228 e. The van der Waals surface area contributed by atoms with Gasteiger partial charge < -0.3 is 15.0 Å². The number of hydrogen-bond acceptors (Lipinski definition) is 5. The van der Waals surface area contributed by atoms with Crippen LogP contribution in [0.4, 0.5) is 5.95 Å². The van der Waals surface area contributed by atoms with Gasteiger partial charge in [0.1, 0.15) is 6.61 Å². The summed E-state index contributed by atoms with van der Waals surface area (Å²) in [5.41, 5.74) is 2.10. The van der Waals surface area contributed by atoms with Crippen molar-refractivity contribution in [1.82, 2.24) is 15.3 Å². The van der Waals surface area contributed by atoms with E-state index in [0.717, 1.165) is 43.3 Å². The number of aryl methyl sites for hydroxylation is 1. The van der Waals surface area contributed by atoms with E-state index >= 15 is 0 Å². The second kappa shape index (κ2) is 9.10. The number of benzene rings is 1. The van der Waals surface area contributed by atoms with Crippen LogP contribution in [0.2, 0.25) is 0 Å². The zero-order chi connectivity index (χ0) is 16.5. The van der Waals surface area contributed by atoms with Crippen LogP contribution in [-0.2, 0) is 6.61 Å². The molecule has 1 aliphatic rings. The van der Waals surface area contributed by atoms with Gasteiger partial charge in [-0.25, -0.2) is 4.98 Å². The Kier molecular flexibility index (Phi) is 6.81. The Labute approximate surface area is 138 Å². The maximum Gasteiger partial charge on any atom is 0.228 e. The molecule has 1 aliphatic heterocycles. The first kappa shape index (κ1) is 17.2. The SMILES string of the molecule is CC.Cc1cnc(N2CCNCC2)nc1OCc1ccccc1. The second-order valence-corrected chi connectivity index (χ2v) is 5.17. The summed E-state index contributed by atoms with van der Waals surface area (Å²) in [5.74, 6) is 1.42. The highest BCUT2D eigenvalue weighted by Crippen LogP contribution is 2.19. The third-order valence-corrected chi connectivity index (χ3v) is 3.53. The molecule has 5 heteroatoms. The van der Waals surface area contributed by atoms with Crippen molar-refractivity contribution >= 4 is 5.95 Å². The van der Waals surface area contributed by atoms with Gasteiger partial charge in [-0.2, -0.15) is 4.98 Å². The van der Waals surface area contributed by atoms with Gasteiger partial charge in [0.05, 0.1) is 0 Å². The summed E-state index contributed by atoms with van der Waals surface area (Å²) in [4.78, 5) is 11.2. The average Bonchev–Trinajstić information content (AvgIpc) is 2.64. The normalized spacial score (nSPS) is 14.0. The zero-order valence-electron chi connectivity index (χ0n) is 14.2. The largest absolute Gasteiger partial charge is 0.472 e. The van der Waals surface area contributed by atoms with Crippen LogP contribution >= 0.6 is 0 Å². The second-order valence-electron chi connectivity index (χ2n) is 5.17. The molecule has 0 saturated carbocycles. The molecule has 0 atom stereocenters. The molecule has 0 bridgehead atoms. The molecule has 1 aromatic heterocycles. The highest BCUT2D eigenvalue weighted by Gasteiger charge is 2.14. The lowest BCUT2D eigenvalue weighted by atomic mass is 10.2. The number of aromatic nitrogens is 2. The van der Waals surface area contributed by atoms with Crippen LogP contribution in [-0.4, -0.2) is 36.1 Å². The van der Waals surface area contributed by atoms with Crippen molar-refractivity contribution < 1.29 is 4.74 Å². The summed E-state index contributed by atoms with van der Waals surface area (Å²) < 4.78 is 5.86. The Balaban J connectivity index is 0.000000924. The van der Waals surface area contributed by atoms with Crippen LogP contribution in [0.5, 0.6) is 5.88 Å². The highest BCUT2D eigenvalue weighted by molar-refractivity contribution is 5.36. The molecular formula is C18H26N4O. The van der Waals surface area contributed by atoms with Gasteiger partial charge in [0.25, 0.3) is 0 Å². The molecule has 5 nitrogen and oxygen atoms in total. The topological polar surface area (TPSA) is 50.3 Å². The van der Waals surface area contributed by atoms with Gasteiger partial charge in [0.15, 0.2) is 0 Å². The van der Waals surface area contributed by atoms with Crippen LogP contribution in [0.25, 0.3) is 0 Å². The average molecular weight is 314 g/mol. The molecule has 124 valence electrons. The fraction of sp³-hybridized carbons (Fsp3) is 0.444. The molecule has 23 heavy (non-hydrogen) atoms. The Morgan fingerprint density at radius 2 is 1.83 bits per heavy atom. The minimum absolute atomic E-state index is 0.527. The predicted molar refractivity (Wildman–Crippen MR) is 94.0 cm³/mol. The number of anilines is 1. The molecule has 1 saturated heterocycles. The summed E-state index contributed by atoms with van der Waals surface area (Å²) >= 11 is 0. The van der Waals surface area contributed by atoms with Crippen molar-refractivity contribution in [2.45, 2.75) is 27.4 Å². The summed E-state index contributed by atoms with van der Waals surface area (Å²) in [6, 6.07) is 10.1. The van der Waals surface area contributed by atoms with Crippen molar-refractivity contribution in [3.8, 4) is 5.88 Å². The van der Waals surface area contributed by atoms with E-state index in [4.69, 9.17) is 4.74 Å². The third kappa shape index (κ3) is 4.93. The molecule has 2 heterocycles. The van der Waals surface area contributed by atoms with Crippen molar-refractivity contribution in [3.63, 3.8) is 0 Å². The van der Waals surface area contributed by atoms with Crippen molar-refractivity contribution in [3.05, 3.63) is 47.7 Å². The Hall–Kier alpha value is -2.14. The van der Waals surface area contributed by atoms with Gasteiger partial charge in [-0.1, -0.05) is 44.2 Å². The zero-order valence-corrected chi connectivity index (χ0v) is 14.2. The van der Waals surface area contributed by atoms with Crippen LogP contribution in [0, 0.1) is 6.92 Å². The molecule has 0 radical (unpaired) electrons. The maximum atomic E-state index is 5.86. The van der Waals surface area contributed by atoms with Gasteiger partial charge in [-0.3, -0.25) is 0 Å². The highest BCUT2D eigenvalue weighted by atomic mass is 16.5. The van der Waals surface area contributed by atoms with Gasteiger partial charge >= 0.3 is 0 Å². The quantitative estimate of drug-likeness (QED) is 0.940. The van der Waals surface area contributed by atoms with Gasteiger partial charge in [0.2, 0.25) is 11.8 Å². The molecule has 1 aromatic carbocycles. The van der Waals surface area contributed by atoms with Gasteiger partial charge in [-0.05, 0) is 12.5 Å². The lowest BCUT2D eigenvalue weighted by molar-refractivity contribution is 0.291. The van der Waals surface area contributed by atoms with Gasteiger partial charge in [-0.15, -0.1) is 0 Å². The summed E-state index contributed by atoms with van der Waals surface area (Å²) in [6.07, 6.45) is 1.84. The van der Waals surface area contributed by atoms with E-state index in [0.29, 0.717) is 12.5 Å². The van der Waals surface area contributed by atoms with E-state index in [-0.39, 0.29) is 0 Å². The van der Waals surface area contributed by atoms with E-state index in [1.165, 1.54) is 0 Å². The maximum absolute atomic E-state index is 5.86. The van der Waals surface area contributed by atoms with Crippen molar-refractivity contribution in [2.24, 2.45) is 0 Å². The van der Waals surface area contributed by atoms with E-state index in [2.05, 4.69) is 20.2 Å². The number of ether oxygens (including phenoxy) is 1. The summed E-state index contributed by atoms with van der Waals surface area (Å²) in [6.45, 7) is 10.3. The Morgan fingerprint density at radius 3 is 2.52 bits per heavy atom. The third-order valence-electron chi connectivity index (χ3n) is 3.53. The van der Waals surface area contributed by atoms with Crippen LogP contribution in [0.3, 0.4) is 0 Å². The first-order valence-electron chi connectivity index (χ1n) is 8.29. The lowest BCUT2D eigenvalue weighted by Gasteiger charge is -2.27. The Morgan fingerprint density at radius 1 is 1.13 bits per heavy atom. The van der Waals surface area contributed by atoms with E-state index in [1.54, 1.807) is 0 Å². The minimum atomic E-state index is 0.527. The molecule has 0 amide bonds. The number of nitrogens with zero attached hydrogens (tertiary/aromatic N) is 3. The number of hydrogen-bond donors (Lipinski definition) is 1. The van der Waals surface area contributed by atoms with Crippen LogP contribution in [0.15, 0.2) is 36.5 Å². The molecule has 1 fully saturated rings. The molecule has 2 aromatic rings. The molecule has 3 rings (SSSR count). The number of rotatable bonds is 4. The van der Waals surface area contributed by atoms with Crippen LogP contribution < -0.4 is 15.0 Å². The van der Waals surface area contributed by atoms with E-state index < -0.39 is 0 Å². The fourth-order valence-corrected chi connectivity index (χ4v) is 2.31. The van der Waals surface area contributed by atoms with Crippen molar-refractivity contribution in [1.29, 1.82) is 0 Å². The number of nitrogens with one attached hydrogen (secondary N) is 1. The summed E-state index contributed by atoms with van der Waals surface area (Å²) in [7, 11) is 0. The first-order chi connectivity index (χ1) is 11.3. The standard InChI is InChI=1S/C16H20N4O.C2H6/c1-13-11-18-16(20-9-7-17-8-10-20)19-15(13)21-12-14-5-3-2-4-6-14;1-2/h2-6,11,17H,7-10,12H2,1H3;1-2H3. The van der Waals surface area contributed by atoms with Crippen LogP contribution in [0.1, 0.15) is 25.0 Å². The lowest BCUT2D eigenvalue weighted by Crippen LogP contribution is -2.44. The van der Waals surface area contributed by atoms with E-state index in [1.807, 2.05) is 57.3 Å².